The predicted octanol–water partition coefficient (Wildman–Crippen LogP) is 4.74. The fourth-order valence-electron chi connectivity index (χ4n) is 3.23. The highest BCUT2D eigenvalue weighted by atomic mass is 35.5. The number of hydrogen-bond acceptors (Lipinski definition) is 6. The van der Waals surface area contributed by atoms with Gasteiger partial charge in [0.2, 0.25) is 0 Å². The molecule has 10 heteroatoms. The maximum absolute atomic E-state index is 14.3. The normalized spacial score (nSPS) is 10.7. The molecule has 0 aliphatic carbocycles. The van der Waals surface area contributed by atoms with Gasteiger partial charge in [0.1, 0.15) is 23.1 Å². The number of rotatable bonds is 6. The molecule has 0 atom stereocenters. The molecule has 0 unspecified atom stereocenters. The van der Waals surface area contributed by atoms with E-state index in [1.165, 1.54) is 41.1 Å². The number of nitrogens with one attached hydrogen (secondary N) is 1. The first-order valence-corrected chi connectivity index (χ1v) is 10.6. The Kier molecular flexibility index (Phi) is 6.55. The molecule has 4 aromatic rings. The van der Waals surface area contributed by atoms with Gasteiger partial charge in [-0.05, 0) is 43.3 Å². The Balaban J connectivity index is 1.71. The monoisotopic (exact) mass is 479 g/mol. The highest BCUT2D eigenvalue weighted by Crippen LogP contribution is 2.28. The van der Waals surface area contributed by atoms with Gasteiger partial charge in [0.05, 0.1) is 22.9 Å². The Labute approximate surface area is 199 Å². The van der Waals surface area contributed by atoms with Crippen LogP contribution in [0.4, 0.5) is 16.0 Å². The van der Waals surface area contributed by atoms with Gasteiger partial charge in [-0.1, -0.05) is 35.9 Å². The summed E-state index contributed by atoms with van der Waals surface area (Å²) in [6, 6.07) is 17.3. The Morgan fingerprint density at radius 1 is 1.12 bits per heavy atom. The molecule has 0 radical (unpaired) electrons. The fourth-order valence-corrected chi connectivity index (χ4v) is 3.43. The quantitative estimate of drug-likeness (QED) is 0.386. The van der Waals surface area contributed by atoms with E-state index in [1.807, 2.05) is 6.07 Å². The summed E-state index contributed by atoms with van der Waals surface area (Å²) in [5, 5.41) is 7.13. The van der Waals surface area contributed by atoms with Crippen molar-refractivity contribution in [1.82, 2.24) is 14.8 Å². The van der Waals surface area contributed by atoms with E-state index in [2.05, 4.69) is 15.4 Å². The SMILES string of the molecule is CCOC(=O)c1cc(NC(=O)c2cc(-c3nc(N)ccc3F)ccc2Cl)n(-c2ccccc2)n1. The van der Waals surface area contributed by atoms with Crippen LogP contribution in [0.25, 0.3) is 16.9 Å². The molecule has 0 aliphatic heterocycles. The average Bonchev–Trinajstić information content (AvgIpc) is 3.25. The lowest BCUT2D eigenvalue weighted by Crippen LogP contribution is -2.16. The number of nitrogen functional groups attached to an aromatic ring is 1. The Hall–Kier alpha value is -4.24. The molecular formula is C24H19ClFN5O3. The molecule has 1 amide bonds. The molecule has 2 aromatic heterocycles. The van der Waals surface area contributed by atoms with Gasteiger partial charge in [-0.25, -0.2) is 18.9 Å². The van der Waals surface area contributed by atoms with Gasteiger partial charge in [-0.3, -0.25) is 4.79 Å². The van der Waals surface area contributed by atoms with Gasteiger partial charge in [-0.2, -0.15) is 5.10 Å². The molecule has 0 saturated carbocycles. The van der Waals surface area contributed by atoms with E-state index in [-0.39, 0.29) is 40.2 Å². The molecule has 34 heavy (non-hydrogen) atoms. The largest absolute Gasteiger partial charge is 0.461 e. The number of nitrogens with zero attached hydrogens (tertiary/aromatic N) is 3. The average molecular weight is 480 g/mol. The van der Waals surface area contributed by atoms with E-state index in [0.29, 0.717) is 11.3 Å². The third-order valence-corrected chi connectivity index (χ3v) is 5.12. The lowest BCUT2D eigenvalue weighted by Gasteiger charge is -2.11. The second-order valence-electron chi connectivity index (χ2n) is 7.10. The summed E-state index contributed by atoms with van der Waals surface area (Å²) in [7, 11) is 0. The van der Waals surface area contributed by atoms with E-state index < -0.39 is 17.7 Å². The number of esters is 1. The second kappa shape index (κ2) is 9.72. The topological polar surface area (TPSA) is 112 Å². The number of carbonyl (C=O) groups excluding carboxylic acids is 2. The molecule has 0 bridgehead atoms. The molecule has 2 aromatic carbocycles. The van der Waals surface area contributed by atoms with Crippen LogP contribution >= 0.6 is 11.6 Å². The predicted molar refractivity (Wildman–Crippen MR) is 127 cm³/mol. The minimum atomic E-state index is -0.629. The van der Waals surface area contributed by atoms with E-state index in [1.54, 1.807) is 31.2 Å². The number of halogens is 2. The Bertz CT molecular complexity index is 1370. The lowest BCUT2D eigenvalue weighted by atomic mass is 10.1. The van der Waals surface area contributed by atoms with Crippen LogP contribution in [0.2, 0.25) is 5.02 Å². The van der Waals surface area contributed by atoms with Crippen LogP contribution in [-0.2, 0) is 4.74 Å². The molecule has 8 nitrogen and oxygen atoms in total. The zero-order chi connectivity index (χ0) is 24.2. The van der Waals surface area contributed by atoms with Crippen molar-refractivity contribution in [2.75, 3.05) is 17.7 Å². The maximum Gasteiger partial charge on any atom is 0.358 e. The number of hydrogen-bond donors (Lipinski definition) is 2. The molecular weight excluding hydrogens is 461 g/mol. The minimum absolute atomic E-state index is 0.00959. The van der Waals surface area contributed by atoms with Crippen molar-refractivity contribution >= 4 is 35.1 Å². The van der Waals surface area contributed by atoms with Crippen molar-refractivity contribution in [3.05, 3.63) is 88.8 Å². The van der Waals surface area contributed by atoms with Crippen molar-refractivity contribution in [3.8, 4) is 16.9 Å². The number of pyridine rings is 1. The number of ether oxygens (including phenoxy) is 1. The van der Waals surface area contributed by atoms with Gasteiger partial charge in [0.25, 0.3) is 5.91 Å². The van der Waals surface area contributed by atoms with Gasteiger partial charge >= 0.3 is 5.97 Å². The summed E-state index contributed by atoms with van der Waals surface area (Å²) in [5.74, 6) is -1.46. The van der Waals surface area contributed by atoms with Crippen LogP contribution in [0.1, 0.15) is 27.8 Å². The van der Waals surface area contributed by atoms with E-state index in [9.17, 15) is 14.0 Å². The van der Waals surface area contributed by atoms with Crippen molar-refractivity contribution < 1.29 is 18.7 Å². The number of para-hydroxylation sites is 1. The number of aromatic nitrogens is 3. The van der Waals surface area contributed by atoms with Crippen LogP contribution in [0.5, 0.6) is 0 Å². The van der Waals surface area contributed by atoms with Crippen LogP contribution in [0.3, 0.4) is 0 Å². The number of anilines is 2. The van der Waals surface area contributed by atoms with Gasteiger partial charge < -0.3 is 15.8 Å². The summed E-state index contributed by atoms with van der Waals surface area (Å²) in [6.07, 6.45) is 0. The molecule has 0 fully saturated rings. The van der Waals surface area contributed by atoms with Crippen molar-refractivity contribution in [2.24, 2.45) is 0 Å². The fraction of sp³-hybridized carbons (Fsp3) is 0.0833. The summed E-state index contributed by atoms with van der Waals surface area (Å²) >= 11 is 6.27. The van der Waals surface area contributed by atoms with Crippen LogP contribution in [-0.4, -0.2) is 33.2 Å². The first kappa shape index (κ1) is 22.9. The second-order valence-corrected chi connectivity index (χ2v) is 7.51. The van der Waals surface area contributed by atoms with E-state index in [4.69, 9.17) is 22.1 Å². The lowest BCUT2D eigenvalue weighted by molar-refractivity contribution is 0.0518. The minimum Gasteiger partial charge on any atom is -0.461 e. The summed E-state index contributed by atoms with van der Waals surface area (Å²) in [5.41, 5.74) is 6.70. The third kappa shape index (κ3) is 4.74. The number of amides is 1. The zero-order valence-electron chi connectivity index (χ0n) is 18.0. The summed E-state index contributed by atoms with van der Waals surface area (Å²) < 4.78 is 20.7. The summed E-state index contributed by atoms with van der Waals surface area (Å²) in [4.78, 5) is 29.4. The van der Waals surface area contributed by atoms with Crippen LogP contribution in [0.15, 0.2) is 66.7 Å². The number of benzene rings is 2. The van der Waals surface area contributed by atoms with Crippen molar-refractivity contribution in [3.63, 3.8) is 0 Å². The van der Waals surface area contributed by atoms with Crippen molar-refractivity contribution in [2.45, 2.75) is 6.92 Å². The zero-order valence-corrected chi connectivity index (χ0v) is 18.7. The first-order valence-electron chi connectivity index (χ1n) is 10.2. The molecule has 3 N–H and O–H groups in total. The third-order valence-electron chi connectivity index (χ3n) is 4.79. The number of carbonyl (C=O) groups is 2. The van der Waals surface area contributed by atoms with Crippen LogP contribution in [0, 0.1) is 5.82 Å². The number of nitrogens with two attached hydrogens (primary N) is 1. The van der Waals surface area contributed by atoms with Gasteiger partial charge in [-0.15, -0.1) is 0 Å². The smallest absolute Gasteiger partial charge is 0.358 e. The molecule has 172 valence electrons. The molecule has 2 heterocycles. The standard InChI is InChI=1S/C24H19ClFN5O3/c1-2-34-24(33)19-13-21(31(30-19)15-6-4-3-5-7-15)29-23(32)16-12-14(8-9-17(16)25)22-18(26)10-11-20(27)28-22/h3-13H,2H2,1H3,(H2,27,28)(H,29,32). The van der Waals surface area contributed by atoms with Crippen LogP contribution < -0.4 is 11.1 Å². The van der Waals surface area contributed by atoms with Crippen molar-refractivity contribution in [1.29, 1.82) is 0 Å². The molecule has 4 rings (SSSR count). The molecule has 0 spiro atoms. The maximum atomic E-state index is 14.3. The highest BCUT2D eigenvalue weighted by Gasteiger charge is 2.20. The van der Waals surface area contributed by atoms with Gasteiger partial charge in [0, 0.05) is 11.6 Å². The summed E-state index contributed by atoms with van der Waals surface area (Å²) in [6.45, 7) is 1.86. The van der Waals surface area contributed by atoms with E-state index >= 15 is 0 Å². The molecule has 0 aliphatic rings. The first-order chi connectivity index (χ1) is 16.4. The van der Waals surface area contributed by atoms with Gasteiger partial charge in [0.15, 0.2) is 5.69 Å². The van der Waals surface area contributed by atoms with E-state index in [0.717, 1.165) is 0 Å². The Morgan fingerprint density at radius 2 is 1.88 bits per heavy atom. The Morgan fingerprint density at radius 3 is 2.62 bits per heavy atom. The highest BCUT2D eigenvalue weighted by molar-refractivity contribution is 6.34. The molecule has 0 saturated heterocycles.